The summed E-state index contributed by atoms with van der Waals surface area (Å²) in [6, 6.07) is 0. The molecular formula is C16H24O4. The fourth-order valence-corrected chi connectivity index (χ4v) is 2.92. The Morgan fingerprint density at radius 3 is 2.85 bits per heavy atom. The molecule has 2 rings (SSSR count). The van der Waals surface area contributed by atoms with Crippen LogP contribution >= 0.6 is 0 Å². The smallest absolute Gasteiger partial charge is 0.173 e. The van der Waals surface area contributed by atoms with E-state index in [1.807, 2.05) is 0 Å². The molecule has 2 aliphatic rings. The average Bonchev–Trinajstić information content (AvgIpc) is 2.42. The first-order valence-electron chi connectivity index (χ1n) is 7.74. The Balaban J connectivity index is 1.88. The molecule has 0 aromatic carbocycles. The van der Waals surface area contributed by atoms with Crippen molar-refractivity contribution in [3.63, 3.8) is 0 Å². The van der Waals surface area contributed by atoms with E-state index < -0.39 is 12.2 Å². The number of aliphatic hydroxyl groups is 1. The van der Waals surface area contributed by atoms with Crippen molar-refractivity contribution in [2.75, 3.05) is 0 Å². The summed E-state index contributed by atoms with van der Waals surface area (Å²) in [5, 5.41) is 9.62. The van der Waals surface area contributed by atoms with Crippen molar-refractivity contribution in [3.8, 4) is 0 Å². The zero-order valence-corrected chi connectivity index (χ0v) is 12.2. The van der Waals surface area contributed by atoms with E-state index in [9.17, 15) is 14.7 Å². The molecular weight excluding hydrogens is 256 g/mol. The SMILES string of the molecule is CCCCCCC(=O)[C@H]1CCC2=C(C[C@@H](O)CC2=O)O1. The molecule has 0 aromatic rings. The van der Waals surface area contributed by atoms with Crippen LogP contribution in [0.1, 0.15) is 64.7 Å². The number of rotatable bonds is 6. The van der Waals surface area contributed by atoms with Crippen LogP contribution in [0.15, 0.2) is 11.3 Å². The van der Waals surface area contributed by atoms with E-state index in [0.717, 1.165) is 25.7 Å². The Labute approximate surface area is 120 Å². The normalized spacial score (nSPS) is 26.2. The second-order valence-electron chi connectivity index (χ2n) is 5.81. The fraction of sp³-hybridized carbons (Fsp3) is 0.750. The molecule has 112 valence electrons. The van der Waals surface area contributed by atoms with Gasteiger partial charge in [0.2, 0.25) is 0 Å². The van der Waals surface area contributed by atoms with Gasteiger partial charge >= 0.3 is 0 Å². The molecule has 20 heavy (non-hydrogen) atoms. The monoisotopic (exact) mass is 280 g/mol. The lowest BCUT2D eigenvalue weighted by Crippen LogP contribution is -2.34. The Bertz CT molecular complexity index is 411. The van der Waals surface area contributed by atoms with Crippen LogP contribution in [-0.4, -0.2) is 28.9 Å². The van der Waals surface area contributed by atoms with Crippen molar-refractivity contribution in [2.45, 2.75) is 76.9 Å². The Morgan fingerprint density at radius 2 is 2.10 bits per heavy atom. The number of carbonyl (C=O) groups is 2. The highest BCUT2D eigenvalue weighted by Gasteiger charge is 2.34. The van der Waals surface area contributed by atoms with Crippen molar-refractivity contribution in [1.29, 1.82) is 0 Å². The van der Waals surface area contributed by atoms with Crippen LogP contribution in [0.2, 0.25) is 0 Å². The number of ether oxygens (including phenoxy) is 1. The highest BCUT2D eigenvalue weighted by molar-refractivity contribution is 5.97. The number of hydrogen-bond acceptors (Lipinski definition) is 4. The minimum absolute atomic E-state index is 0.0207. The van der Waals surface area contributed by atoms with Gasteiger partial charge in [-0.1, -0.05) is 26.2 Å². The maximum atomic E-state index is 12.1. The van der Waals surface area contributed by atoms with Gasteiger partial charge in [-0.05, 0) is 19.3 Å². The van der Waals surface area contributed by atoms with Crippen molar-refractivity contribution in [3.05, 3.63) is 11.3 Å². The fourth-order valence-electron chi connectivity index (χ4n) is 2.92. The van der Waals surface area contributed by atoms with E-state index in [-0.39, 0.29) is 18.0 Å². The summed E-state index contributed by atoms with van der Waals surface area (Å²) < 4.78 is 5.70. The molecule has 0 unspecified atom stereocenters. The van der Waals surface area contributed by atoms with Crippen molar-refractivity contribution >= 4 is 11.6 Å². The molecule has 0 spiro atoms. The summed E-state index contributed by atoms with van der Waals surface area (Å²) in [5.74, 6) is 0.680. The quantitative estimate of drug-likeness (QED) is 0.760. The molecule has 1 heterocycles. The van der Waals surface area contributed by atoms with Crippen molar-refractivity contribution < 1.29 is 19.4 Å². The van der Waals surface area contributed by atoms with Gasteiger partial charge in [-0.15, -0.1) is 0 Å². The van der Waals surface area contributed by atoms with Crippen LogP contribution in [0.4, 0.5) is 0 Å². The third kappa shape index (κ3) is 3.69. The average molecular weight is 280 g/mol. The summed E-state index contributed by atoms with van der Waals surface area (Å²) >= 11 is 0. The van der Waals surface area contributed by atoms with Gasteiger partial charge in [0.1, 0.15) is 5.76 Å². The van der Waals surface area contributed by atoms with Gasteiger partial charge in [0.25, 0.3) is 0 Å². The van der Waals surface area contributed by atoms with Crippen LogP contribution in [0, 0.1) is 0 Å². The van der Waals surface area contributed by atoms with Crippen LogP contribution in [0.5, 0.6) is 0 Å². The standard InChI is InChI=1S/C16H24O4/c1-2-3-4-5-6-13(18)15-8-7-12-14(19)9-11(17)10-16(12)20-15/h11,15,17H,2-10H2,1H3/t11-,15+/m0/s1. The van der Waals surface area contributed by atoms with Gasteiger partial charge in [-0.2, -0.15) is 0 Å². The topological polar surface area (TPSA) is 63.6 Å². The highest BCUT2D eigenvalue weighted by atomic mass is 16.5. The first-order valence-corrected chi connectivity index (χ1v) is 7.74. The summed E-state index contributed by atoms with van der Waals surface area (Å²) in [5.41, 5.74) is 0.699. The molecule has 4 nitrogen and oxygen atoms in total. The van der Waals surface area contributed by atoms with Crippen molar-refractivity contribution in [1.82, 2.24) is 0 Å². The molecule has 0 aromatic heterocycles. The number of hydrogen-bond donors (Lipinski definition) is 1. The van der Waals surface area contributed by atoms with E-state index in [2.05, 4.69) is 6.92 Å². The van der Waals surface area contributed by atoms with E-state index >= 15 is 0 Å². The summed E-state index contributed by atoms with van der Waals surface area (Å²) in [4.78, 5) is 23.9. The molecule has 0 saturated heterocycles. The lowest BCUT2D eigenvalue weighted by atomic mass is 9.87. The van der Waals surface area contributed by atoms with Crippen molar-refractivity contribution in [2.24, 2.45) is 0 Å². The van der Waals surface area contributed by atoms with E-state index in [0.29, 0.717) is 37.0 Å². The third-order valence-corrected chi connectivity index (χ3v) is 4.09. The number of carbonyl (C=O) groups excluding carboxylic acids is 2. The number of ketones is 2. The Hall–Kier alpha value is -1.16. The Morgan fingerprint density at radius 1 is 1.30 bits per heavy atom. The first-order chi connectivity index (χ1) is 9.61. The highest BCUT2D eigenvalue weighted by Crippen LogP contribution is 2.33. The molecule has 1 aliphatic heterocycles. The predicted molar refractivity (Wildman–Crippen MR) is 75.1 cm³/mol. The number of unbranched alkanes of at least 4 members (excludes halogenated alkanes) is 3. The molecule has 0 saturated carbocycles. The van der Waals surface area contributed by atoms with Gasteiger partial charge < -0.3 is 9.84 Å². The van der Waals surface area contributed by atoms with Crippen LogP contribution < -0.4 is 0 Å². The maximum absolute atomic E-state index is 12.1. The maximum Gasteiger partial charge on any atom is 0.173 e. The van der Waals surface area contributed by atoms with Gasteiger partial charge in [0, 0.05) is 24.8 Å². The molecule has 0 fully saturated rings. The predicted octanol–water partition coefficient (Wildman–Crippen LogP) is 2.68. The molecule has 1 aliphatic carbocycles. The third-order valence-electron chi connectivity index (χ3n) is 4.09. The zero-order valence-electron chi connectivity index (χ0n) is 12.2. The minimum atomic E-state index is -0.653. The lowest BCUT2D eigenvalue weighted by Gasteiger charge is -2.31. The van der Waals surface area contributed by atoms with E-state index in [4.69, 9.17) is 4.74 Å². The van der Waals surface area contributed by atoms with Gasteiger partial charge in [-0.25, -0.2) is 0 Å². The molecule has 4 heteroatoms. The lowest BCUT2D eigenvalue weighted by molar-refractivity contribution is -0.131. The number of allylic oxidation sites excluding steroid dienone is 1. The van der Waals surface area contributed by atoms with Crippen LogP contribution in [-0.2, 0) is 14.3 Å². The van der Waals surface area contributed by atoms with E-state index in [1.165, 1.54) is 0 Å². The number of aliphatic hydroxyl groups excluding tert-OH is 1. The number of Topliss-reactive ketones (excluding diaryl/α,β-unsaturated/α-hetero) is 2. The zero-order chi connectivity index (χ0) is 14.5. The molecule has 0 bridgehead atoms. The summed E-state index contributed by atoms with van der Waals surface area (Å²) in [6.07, 6.45) is 5.61. The minimum Gasteiger partial charge on any atom is -0.486 e. The van der Waals surface area contributed by atoms with E-state index in [1.54, 1.807) is 0 Å². The van der Waals surface area contributed by atoms with Crippen LogP contribution in [0.25, 0.3) is 0 Å². The summed E-state index contributed by atoms with van der Waals surface area (Å²) in [6.45, 7) is 2.14. The van der Waals surface area contributed by atoms with Gasteiger partial charge in [0.05, 0.1) is 6.10 Å². The Kier molecular flexibility index (Phi) is 5.35. The molecule has 2 atom stereocenters. The van der Waals surface area contributed by atoms with Gasteiger partial charge in [0.15, 0.2) is 17.7 Å². The van der Waals surface area contributed by atoms with Crippen LogP contribution in [0.3, 0.4) is 0 Å². The largest absolute Gasteiger partial charge is 0.486 e. The molecule has 0 amide bonds. The first kappa shape index (κ1) is 15.2. The second-order valence-corrected chi connectivity index (χ2v) is 5.81. The summed E-state index contributed by atoms with van der Waals surface area (Å²) in [7, 11) is 0. The molecule has 1 N–H and O–H groups in total. The van der Waals surface area contributed by atoms with Gasteiger partial charge in [-0.3, -0.25) is 9.59 Å². The second kappa shape index (κ2) is 7.02. The molecule has 0 radical (unpaired) electrons.